The number of carbonyl (C=O) groups is 3. The summed E-state index contributed by atoms with van der Waals surface area (Å²) in [5, 5.41) is 7.57. The lowest BCUT2D eigenvalue weighted by molar-refractivity contribution is -0.127. The third kappa shape index (κ3) is 5.51. The molecular weight excluding hydrogens is 453 g/mol. The maximum absolute atomic E-state index is 13.1. The molecule has 0 saturated carbocycles. The molecule has 2 N–H and O–H groups in total. The van der Waals surface area contributed by atoms with E-state index in [0.717, 1.165) is 16.1 Å². The molecule has 2 atom stereocenters. The molecule has 34 heavy (non-hydrogen) atoms. The number of benzene rings is 2. The van der Waals surface area contributed by atoms with Gasteiger partial charge in [-0.1, -0.05) is 35.9 Å². The smallest absolute Gasteiger partial charge is 0.228 e. The van der Waals surface area contributed by atoms with Crippen LogP contribution < -0.4 is 15.5 Å². The number of hydrogen-bond acceptors (Lipinski definition) is 4. The summed E-state index contributed by atoms with van der Waals surface area (Å²) in [7, 11) is 0. The second-order valence-corrected chi connectivity index (χ2v) is 9.29. The van der Waals surface area contributed by atoms with Gasteiger partial charge in [-0.05, 0) is 48.2 Å². The molecule has 1 aliphatic heterocycles. The van der Waals surface area contributed by atoms with E-state index in [4.69, 9.17) is 0 Å². The number of carbonyl (C=O) groups excluding carboxylic acids is 3. The summed E-state index contributed by atoms with van der Waals surface area (Å²) in [6.45, 7) is 2.50. The Labute approximate surface area is 201 Å². The number of halogens is 1. The van der Waals surface area contributed by atoms with Crippen molar-refractivity contribution in [2.45, 2.75) is 25.8 Å². The molecule has 1 aliphatic rings. The Hall–Kier alpha value is -3.52. The van der Waals surface area contributed by atoms with Crippen LogP contribution in [0.25, 0.3) is 0 Å². The second-order valence-electron chi connectivity index (χ2n) is 8.31. The average Bonchev–Trinajstić information content (AvgIpc) is 3.46. The van der Waals surface area contributed by atoms with E-state index >= 15 is 0 Å². The number of rotatable bonds is 8. The molecular formula is C26H26FN3O3S. The molecule has 0 aliphatic carbocycles. The van der Waals surface area contributed by atoms with Gasteiger partial charge >= 0.3 is 0 Å². The second kappa shape index (κ2) is 10.6. The molecule has 1 aromatic heterocycles. The largest absolute Gasteiger partial charge is 0.354 e. The van der Waals surface area contributed by atoms with Crippen molar-refractivity contribution in [3.8, 4) is 0 Å². The summed E-state index contributed by atoms with van der Waals surface area (Å²) in [6, 6.07) is 17.0. The molecule has 0 bridgehead atoms. The van der Waals surface area contributed by atoms with Gasteiger partial charge in [0.05, 0.1) is 18.4 Å². The van der Waals surface area contributed by atoms with Crippen LogP contribution in [-0.4, -0.2) is 30.8 Å². The quantitative estimate of drug-likeness (QED) is 0.483. The minimum absolute atomic E-state index is 0.0880. The molecule has 2 unspecified atom stereocenters. The molecule has 3 amide bonds. The van der Waals surface area contributed by atoms with Gasteiger partial charge in [0, 0.05) is 30.1 Å². The van der Waals surface area contributed by atoms with Crippen LogP contribution in [0.1, 0.15) is 28.5 Å². The van der Waals surface area contributed by atoms with E-state index in [1.807, 2.05) is 48.7 Å². The van der Waals surface area contributed by atoms with Crippen LogP contribution in [0.15, 0.2) is 66.0 Å². The van der Waals surface area contributed by atoms with E-state index in [1.165, 1.54) is 23.5 Å². The molecule has 3 aromatic rings. The van der Waals surface area contributed by atoms with Gasteiger partial charge in [0.25, 0.3) is 0 Å². The zero-order valence-corrected chi connectivity index (χ0v) is 19.6. The molecule has 1 fully saturated rings. The fourth-order valence-electron chi connectivity index (χ4n) is 4.13. The van der Waals surface area contributed by atoms with Crippen LogP contribution >= 0.6 is 11.3 Å². The first kappa shape index (κ1) is 23.6. The fraction of sp³-hybridized carbons (Fsp3) is 0.269. The average molecular weight is 480 g/mol. The Kier molecular flexibility index (Phi) is 7.37. The zero-order chi connectivity index (χ0) is 24.1. The molecule has 8 heteroatoms. The Morgan fingerprint density at radius 2 is 1.74 bits per heavy atom. The highest BCUT2D eigenvalue weighted by molar-refractivity contribution is 7.10. The summed E-state index contributed by atoms with van der Waals surface area (Å²) < 4.78 is 13.0. The minimum Gasteiger partial charge on any atom is -0.354 e. The number of aryl methyl sites for hydroxylation is 1. The molecule has 2 heterocycles. The van der Waals surface area contributed by atoms with Gasteiger partial charge in [-0.15, -0.1) is 11.3 Å². The summed E-state index contributed by atoms with van der Waals surface area (Å²) in [5.41, 5.74) is 2.58. The normalized spacial score (nSPS) is 17.6. The highest BCUT2D eigenvalue weighted by Gasteiger charge is 2.45. The van der Waals surface area contributed by atoms with E-state index in [9.17, 15) is 18.8 Å². The van der Waals surface area contributed by atoms with Crippen molar-refractivity contribution in [1.82, 2.24) is 10.6 Å². The number of amides is 3. The number of nitrogens with zero attached hydrogens (tertiary/aromatic N) is 1. The van der Waals surface area contributed by atoms with Gasteiger partial charge < -0.3 is 15.5 Å². The molecule has 176 valence electrons. The SMILES string of the molecule is Cc1ccc(N2C(=O)CC(C(=O)NCCNC(=O)Cc3ccc(F)cc3)C2c2cccs2)cc1. The van der Waals surface area contributed by atoms with Gasteiger partial charge in [-0.3, -0.25) is 14.4 Å². The summed E-state index contributed by atoms with van der Waals surface area (Å²) in [6.07, 6.45) is 0.260. The van der Waals surface area contributed by atoms with Crippen molar-refractivity contribution in [2.24, 2.45) is 5.92 Å². The van der Waals surface area contributed by atoms with E-state index in [0.29, 0.717) is 5.56 Å². The third-order valence-corrected chi connectivity index (χ3v) is 6.77. The van der Waals surface area contributed by atoms with Crippen molar-refractivity contribution < 1.29 is 18.8 Å². The van der Waals surface area contributed by atoms with Crippen molar-refractivity contribution >= 4 is 34.7 Å². The number of anilines is 1. The van der Waals surface area contributed by atoms with Crippen LogP contribution in [0, 0.1) is 18.7 Å². The molecule has 0 radical (unpaired) electrons. The van der Waals surface area contributed by atoms with Gasteiger partial charge in [0.2, 0.25) is 17.7 Å². The van der Waals surface area contributed by atoms with Crippen LogP contribution in [0.2, 0.25) is 0 Å². The van der Waals surface area contributed by atoms with Crippen molar-refractivity contribution in [1.29, 1.82) is 0 Å². The predicted molar refractivity (Wildman–Crippen MR) is 130 cm³/mol. The molecule has 2 aromatic carbocycles. The standard InChI is InChI=1S/C26H26FN3O3S/c1-17-4-10-20(11-5-17)30-24(32)16-21(25(30)22-3-2-14-34-22)26(33)29-13-12-28-23(31)15-18-6-8-19(27)9-7-18/h2-11,14,21,25H,12-13,15-16H2,1H3,(H,28,31)(H,29,33). The van der Waals surface area contributed by atoms with E-state index < -0.39 is 5.92 Å². The Morgan fingerprint density at radius 1 is 1.03 bits per heavy atom. The van der Waals surface area contributed by atoms with Gasteiger partial charge in [-0.2, -0.15) is 0 Å². The third-order valence-electron chi connectivity index (χ3n) is 5.83. The van der Waals surface area contributed by atoms with Gasteiger partial charge in [-0.25, -0.2) is 4.39 Å². The molecule has 0 spiro atoms. The molecule has 4 rings (SSSR count). The summed E-state index contributed by atoms with van der Waals surface area (Å²) in [5.74, 6) is -1.38. The Bertz CT molecular complexity index is 1150. The Balaban J connectivity index is 1.36. The molecule has 1 saturated heterocycles. The summed E-state index contributed by atoms with van der Waals surface area (Å²) >= 11 is 1.52. The Morgan fingerprint density at radius 3 is 2.41 bits per heavy atom. The number of thiophene rings is 1. The van der Waals surface area contributed by atoms with Crippen LogP contribution in [0.5, 0.6) is 0 Å². The maximum atomic E-state index is 13.1. The van der Waals surface area contributed by atoms with Gasteiger partial charge in [0.15, 0.2) is 0 Å². The van der Waals surface area contributed by atoms with E-state index in [-0.39, 0.29) is 55.5 Å². The minimum atomic E-state index is -0.526. The van der Waals surface area contributed by atoms with Crippen LogP contribution in [0.3, 0.4) is 0 Å². The van der Waals surface area contributed by atoms with Crippen LogP contribution in [0.4, 0.5) is 10.1 Å². The van der Waals surface area contributed by atoms with Crippen molar-refractivity contribution in [2.75, 3.05) is 18.0 Å². The van der Waals surface area contributed by atoms with Gasteiger partial charge in [0.1, 0.15) is 5.82 Å². The van der Waals surface area contributed by atoms with E-state index in [2.05, 4.69) is 10.6 Å². The van der Waals surface area contributed by atoms with Crippen molar-refractivity contribution in [3.63, 3.8) is 0 Å². The predicted octanol–water partition coefficient (Wildman–Crippen LogP) is 3.76. The highest BCUT2D eigenvalue weighted by Crippen LogP contribution is 2.43. The summed E-state index contributed by atoms with van der Waals surface area (Å²) in [4.78, 5) is 40.8. The maximum Gasteiger partial charge on any atom is 0.228 e. The lowest BCUT2D eigenvalue weighted by Gasteiger charge is -2.27. The van der Waals surface area contributed by atoms with Crippen molar-refractivity contribution in [3.05, 3.63) is 87.9 Å². The van der Waals surface area contributed by atoms with E-state index in [1.54, 1.807) is 17.0 Å². The lowest BCUT2D eigenvalue weighted by atomic mass is 9.97. The first-order chi connectivity index (χ1) is 16.4. The number of hydrogen-bond donors (Lipinski definition) is 2. The topological polar surface area (TPSA) is 78.5 Å². The molecule has 6 nitrogen and oxygen atoms in total. The highest BCUT2D eigenvalue weighted by atomic mass is 32.1. The first-order valence-electron chi connectivity index (χ1n) is 11.1. The zero-order valence-electron chi connectivity index (χ0n) is 18.8. The van der Waals surface area contributed by atoms with Crippen LogP contribution in [-0.2, 0) is 20.8 Å². The fourth-order valence-corrected chi connectivity index (χ4v) is 5.01. The monoisotopic (exact) mass is 479 g/mol. The first-order valence-corrected chi connectivity index (χ1v) is 12.0. The lowest BCUT2D eigenvalue weighted by Crippen LogP contribution is -2.39. The number of nitrogens with one attached hydrogen (secondary N) is 2.